The van der Waals surface area contributed by atoms with E-state index in [1.54, 1.807) is 18.2 Å². The van der Waals surface area contributed by atoms with Crippen LogP contribution in [-0.2, 0) is 14.3 Å². The SMILES string of the molecule is CCN(CC)N=C1C=CC2=CC(C(=O)O)C(=O)OC2=C1. The van der Waals surface area contributed by atoms with Crippen molar-refractivity contribution >= 4 is 17.7 Å². The van der Waals surface area contributed by atoms with Crippen molar-refractivity contribution in [1.29, 1.82) is 0 Å². The summed E-state index contributed by atoms with van der Waals surface area (Å²) in [5.74, 6) is -2.88. The molecule has 0 amide bonds. The molecule has 2 aliphatic rings. The molecule has 1 N–H and O–H groups in total. The van der Waals surface area contributed by atoms with Gasteiger partial charge in [0.15, 0.2) is 5.92 Å². The first-order valence-electron chi connectivity index (χ1n) is 6.45. The van der Waals surface area contributed by atoms with Gasteiger partial charge in [-0.3, -0.25) is 14.6 Å². The maximum absolute atomic E-state index is 11.6. The third kappa shape index (κ3) is 2.79. The van der Waals surface area contributed by atoms with Crippen LogP contribution in [0.4, 0.5) is 0 Å². The molecular formula is C14H16N2O4. The summed E-state index contributed by atoms with van der Waals surface area (Å²) in [4.78, 5) is 22.5. The second-order valence-corrected chi connectivity index (χ2v) is 4.36. The molecule has 0 radical (unpaired) electrons. The first kappa shape index (κ1) is 14.0. The van der Waals surface area contributed by atoms with Crippen LogP contribution >= 0.6 is 0 Å². The van der Waals surface area contributed by atoms with Crippen molar-refractivity contribution in [2.24, 2.45) is 11.0 Å². The number of aliphatic carboxylic acids is 1. The molecule has 0 saturated heterocycles. The van der Waals surface area contributed by atoms with Crippen LogP contribution in [0.2, 0.25) is 0 Å². The lowest BCUT2D eigenvalue weighted by atomic mass is 9.97. The van der Waals surface area contributed by atoms with E-state index in [9.17, 15) is 9.59 Å². The van der Waals surface area contributed by atoms with Crippen LogP contribution in [0.1, 0.15) is 13.8 Å². The van der Waals surface area contributed by atoms with E-state index in [0.29, 0.717) is 17.0 Å². The van der Waals surface area contributed by atoms with E-state index in [4.69, 9.17) is 9.84 Å². The number of hydrogen-bond acceptors (Lipinski definition) is 5. The Hall–Kier alpha value is -2.37. The van der Waals surface area contributed by atoms with Gasteiger partial charge in [0.05, 0.1) is 5.71 Å². The van der Waals surface area contributed by atoms with Gasteiger partial charge in [-0.05, 0) is 32.1 Å². The maximum atomic E-state index is 11.6. The molecule has 1 aliphatic heterocycles. The van der Waals surface area contributed by atoms with Gasteiger partial charge in [0, 0.05) is 24.7 Å². The van der Waals surface area contributed by atoms with Crippen LogP contribution in [0.3, 0.4) is 0 Å². The summed E-state index contributed by atoms with van der Waals surface area (Å²) in [6, 6.07) is 0. The fourth-order valence-corrected chi connectivity index (χ4v) is 1.93. The fraction of sp³-hybridized carbons (Fsp3) is 0.357. The standard InChI is InChI=1S/C14H16N2O4/c1-3-16(4-2)15-10-6-5-9-7-11(13(17)18)14(19)20-12(9)8-10/h5-8,11H,3-4H2,1-2H3,(H,17,18). The number of allylic oxidation sites excluding steroid dienone is 3. The fourth-order valence-electron chi connectivity index (χ4n) is 1.93. The summed E-state index contributed by atoms with van der Waals surface area (Å²) >= 11 is 0. The number of carbonyl (C=O) groups is 2. The summed E-state index contributed by atoms with van der Waals surface area (Å²) in [6.45, 7) is 5.55. The Balaban J connectivity index is 2.28. The Morgan fingerprint density at radius 2 is 2.10 bits per heavy atom. The van der Waals surface area contributed by atoms with E-state index < -0.39 is 17.9 Å². The number of carboxylic acid groups (broad SMARTS) is 1. The summed E-state index contributed by atoms with van der Waals surface area (Å²) in [6.07, 6.45) is 6.51. The van der Waals surface area contributed by atoms with Gasteiger partial charge < -0.3 is 9.84 Å². The van der Waals surface area contributed by atoms with Crippen LogP contribution < -0.4 is 0 Å². The molecule has 0 bridgehead atoms. The smallest absolute Gasteiger partial charge is 0.329 e. The molecule has 0 aromatic carbocycles. The number of fused-ring (bicyclic) bond motifs is 1. The molecule has 1 aliphatic carbocycles. The number of ether oxygens (including phenoxy) is 1. The van der Waals surface area contributed by atoms with Crippen LogP contribution in [0.5, 0.6) is 0 Å². The molecule has 2 rings (SSSR count). The third-order valence-electron chi connectivity index (χ3n) is 3.06. The second kappa shape index (κ2) is 5.73. The lowest BCUT2D eigenvalue weighted by Gasteiger charge is -2.22. The van der Waals surface area contributed by atoms with E-state index >= 15 is 0 Å². The van der Waals surface area contributed by atoms with Crippen LogP contribution in [0.25, 0.3) is 0 Å². The Kier molecular flexibility index (Phi) is 4.02. The first-order valence-corrected chi connectivity index (χ1v) is 6.45. The molecule has 0 aromatic heterocycles. The summed E-state index contributed by atoms with van der Waals surface area (Å²) < 4.78 is 5.07. The van der Waals surface area contributed by atoms with Gasteiger partial charge in [0.2, 0.25) is 0 Å². The zero-order valence-corrected chi connectivity index (χ0v) is 11.4. The molecule has 6 nitrogen and oxygen atoms in total. The molecular weight excluding hydrogens is 260 g/mol. The molecule has 106 valence electrons. The van der Waals surface area contributed by atoms with Crippen LogP contribution in [-0.4, -0.2) is 40.9 Å². The van der Waals surface area contributed by atoms with Gasteiger partial charge in [-0.25, -0.2) is 0 Å². The van der Waals surface area contributed by atoms with Gasteiger partial charge in [-0.2, -0.15) is 5.10 Å². The van der Waals surface area contributed by atoms with Crippen molar-refractivity contribution in [3.05, 3.63) is 35.6 Å². The normalized spacial score (nSPS) is 22.8. The van der Waals surface area contributed by atoms with Gasteiger partial charge in [-0.1, -0.05) is 0 Å². The van der Waals surface area contributed by atoms with Crippen molar-refractivity contribution in [3.8, 4) is 0 Å². The van der Waals surface area contributed by atoms with E-state index in [1.165, 1.54) is 6.08 Å². The molecule has 0 saturated carbocycles. The summed E-state index contributed by atoms with van der Waals surface area (Å²) in [5, 5.41) is 15.2. The van der Waals surface area contributed by atoms with Crippen molar-refractivity contribution in [1.82, 2.24) is 5.01 Å². The number of nitrogens with zero attached hydrogens (tertiary/aromatic N) is 2. The Morgan fingerprint density at radius 1 is 1.40 bits per heavy atom. The monoisotopic (exact) mass is 276 g/mol. The summed E-state index contributed by atoms with van der Waals surface area (Å²) in [5.41, 5.74) is 1.26. The number of carbonyl (C=O) groups excluding carboxylic acids is 1. The molecule has 0 fully saturated rings. The first-order chi connectivity index (χ1) is 9.55. The van der Waals surface area contributed by atoms with Crippen molar-refractivity contribution in [2.45, 2.75) is 13.8 Å². The largest absolute Gasteiger partial charge is 0.480 e. The van der Waals surface area contributed by atoms with E-state index in [0.717, 1.165) is 13.1 Å². The van der Waals surface area contributed by atoms with Crippen molar-refractivity contribution in [3.63, 3.8) is 0 Å². The van der Waals surface area contributed by atoms with E-state index in [1.807, 2.05) is 18.9 Å². The molecule has 1 unspecified atom stereocenters. The number of esters is 1. The van der Waals surface area contributed by atoms with Gasteiger partial charge in [0.25, 0.3) is 0 Å². The van der Waals surface area contributed by atoms with Gasteiger partial charge >= 0.3 is 11.9 Å². The van der Waals surface area contributed by atoms with Gasteiger partial charge in [-0.15, -0.1) is 0 Å². The Morgan fingerprint density at radius 3 is 2.70 bits per heavy atom. The maximum Gasteiger partial charge on any atom is 0.329 e. The Labute approximate surface area is 116 Å². The van der Waals surface area contributed by atoms with Crippen molar-refractivity contribution < 1.29 is 19.4 Å². The molecule has 1 heterocycles. The Bertz CT molecular complexity index is 554. The lowest BCUT2D eigenvalue weighted by molar-refractivity contribution is -0.153. The lowest BCUT2D eigenvalue weighted by Crippen LogP contribution is -2.29. The predicted octanol–water partition coefficient (Wildman–Crippen LogP) is 1.32. The average Bonchev–Trinajstić information content (AvgIpc) is 2.43. The van der Waals surface area contributed by atoms with Crippen LogP contribution in [0.15, 0.2) is 40.7 Å². The highest BCUT2D eigenvalue weighted by molar-refractivity contribution is 6.07. The van der Waals surface area contributed by atoms with Crippen LogP contribution in [0, 0.1) is 5.92 Å². The highest BCUT2D eigenvalue weighted by Crippen LogP contribution is 2.27. The predicted molar refractivity (Wildman–Crippen MR) is 72.9 cm³/mol. The molecule has 20 heavy (non-hydrogen) atoms. The average molecular weight is 276 g/mol. The topological polar surface area (TPSA) is 79.2 Å². The quantitative estimate of drug-likeness (QED) is 0.476. The minimum atomic E-state index is -1.24. The third-order valence-corrected chi connectivity index (χ3v) is 3.06. The number of hydrogen-bond donors (Lipinski definition) is 1. The molecule has 1 atom stereocenters. The molecule has 0 aromatic rings. The highest BCUT2D eigenvalue weighted by atomic mass is 16.5. The zero-order chi connectivity index (χ0) is 14.7. The van der Waals surface area contributed by atoms with E-state index in [2.05, 4.69) is 5.10 Å². The van der Waals surface area contributed by atoms with Crippen molar-refractivity contribution in [2.75, 3.05) is 13.1 Å². The van der Waals surface area contributed by atoms with E-state index in [-0.39, 0.29) is 0 Å². The molecule has 0 spiro atoms. The summed E-state index contributed by atoms with van der Waals surface area (Å²) in [7, 11) is 0. The minimum absolute atomic E-state index is 0.348. The number of carboxylic acids is 1. The zero-order valence-electron chi connectivity index (χ0n) is 11.4. The van der Waals surface area contributed by atoms with Gasteiger partial charge in [0.1, 0.15) is 5.76 Å². The minimum Gasteiger partial charge on any atom is -0.480 e. The molecule has 6 heteroatoms. The second-order valence-electron chi connectivity index (χ2n) is 4.36. The number of hydrazone groups is 1. The number of rotatable bonds is 4. The highest BCUT2D eigenvalue weighted by Gasteiger charge is 2.33.